The second-order valence-electron chi connectivity index (χ2n) is 5.08. The molecule has 0 atom stereocenters. The summed E-state index contributed by atoms with van der Waals surface area (Å²) in [4.78, 5) is 17.6. The largest absolute Gasteiger partial charge is 0.291 e. The van der Waals surface area contributed by atoms with Crippen molar-refractivity contribution in [2.75, 3.05) is 0 Å². The van der Waals surface area contributed by atoms with E-state index in [2.05, 4.69) is 26.0 Å². The zero-order valence-corrected chi connectivity index (χ0v) is 15.3. The summed E-state index contributed by atoms with van der Waals surface area (Å²) < 4.78 is 2.83. The molecular weight excluding hydrogens is 410 g/mol. The molecule has 0 unspecified atom stereocenters. The first-order valence-corrected chi connectivity index (χ1v) is 9.02. The highest BCUT2D eigenvalue weighted by Gasteiger charge is 2.13. The smallest absolute Gasteiger partial charge is 0.266 e. The summed E-state index contributed by atoms with van der Waals surface area (Å²) in [6.07, 6.45) is 1.82. The zero-order valence-electron chi connectivity index (χ0n) is 12.1. The van der Waals surface area contributed by atoms with Crippen molar-refractivity contribution >= 4 is 49.9 Å². The molecule has 7 heteroatoms. The van der Waals surface area contributed by atoms with Gasteiger partial charge in [0.1, 0.15) is 0 Å². The lowest BCUT2D eigenvalue weighted by atomic mass is 10.2. The lowest BCUT2D eigenvalue weighted by molar-refractivity contribution is 0.936. The van der Waals surface area contributed by atoms with E-state index in [0.29, 0.717) is 20.3 Å². The molecule has 0 aliphatic carbocycles. The average Bonchev–Trinajstić information content (AvgIpc) is 3.10. The predicted molar refractivity (Wildman–Crippen MR) is 101 cm³/mol. The SMILES string of the molecule is O=c1c(=Cc2ccc(Cl)cc2)sc2nc(-c3ccccc3Br)nn12. The number of halogens is 2. The summed E-state index contributed by atoms with van der Waals surface area (Å²) in [7, 11) is 0. The van der Waals surface area contributed by atoms with Crippen LogP contribution in [0.3, 0.4) is 0 Å². The van der Waals surface area contributed by atoms with E-state index in [4.69, 9.17) is 11.6 Å². The van der Waals surface area contributed by atoms with Gasteiger partial charge >= 0.3 is 0 Å². The minimum Gasteiger partial charge on any atom is -0.266 e. The third-order valence-corrected chi connectivity index (χ3v) is 5.37. The third kappa shape index (κ3) is 2.77. The van der Waals surface area contributed by atoms with Gasteiger partial charge in [-0.25, -0.2) is 0 Å². The molecule has 0 aliphatic heterocycles. The highest BCUT2D eigenvalue weighted by Crippen LogP contribution is 2.25. The van der Waals surface area contributed by atoms with E-state index < -0.39 is 0 Å². The Balaban J connectivity index is 1.83. The molecule has 0 amide bonds. The molecule has 0 aliphatic rings. The van der Waals surface area contributed by atoms with Gasteiger partial charge in [-0.15, -0.1) is 5.10 Å². The number of rotatable bonds is 2. The molecule has 0 spiro atoms. The van der Waals surface area contributed by atoms with Gasteiger partial charge in [-0.3, -0.25) is 4.79 Å². The fourth-order valence-corrected chi connectivity index (χ4v) is 3.80. The average molecular weight is 419 g/mol. The molecule has 24 heavy (non-hydrogen) atoms. The van der Waals surface area contributed by atoms with Crippen molar-refractivity contribution < 1.29 is 0 Å². The van der Waals surface area contributed by atoms with E-state index in [9.17, 15) is 4.79 Å². The van der Waals surface area contributed by atoms with Crippen molar-refractivity contribution in [2.45, 2.75) is 0 Å². The van der Waals surface area contributed by atoms with Crippen molar-refractivity contribution in [1.82, 2.24) is 14.6 Å². The first kappa shape index (κ1) is 15.5. The van der Waals surface area contributed by atoms with Crippen LogP contribution in [-0.4, -0.2) is 14.6 Å². The van der Waals surface area contributed by atoms with Crippen LogP contribution in [0.2, 0.25) is 5.02 Å². The first-order valence-electron chi connectivity index (χ1n) is 7.03. The molecule has 2 aromatic carbocycles. The number of hydrogen-bond acceptors (Lipinski definition) is 4. The van der Waals surface area contributed by atoms with Gasteiger partial charge in [0.15, 0.2) is 5.82 Å². The Morgan fingerprint density at radius 1 is 1.12 bits per heavy atom. The van der Waals surface area contributed by atoms with Crippen LogP contribution in [0.15, 0.2) is 57.8 Å². The molecule has 0 saturated carbocycles. The predicted octanol–water partition coefficient (Wildman–Crippen LogP) is 3.78. The molecule has 0 radical (unpaired) electrons. The van der Waals surface area contributed by atoms with Gasteiger partial charge in [-0.1, -0.05) is 63.1 Å². The van der Waals surface area contributed by atoms with Crippen molar-refractivity contribution in [3.05, 3.63) is 78.5 Å². The summed E-state index contributed by atoms with van der Waals surface area (Å²) in [6.45, 7) is 0. The van der Waals surface area contributed by atoms with Crippen LogP contribution in [0, 0.1) is 0 Å². The van der Waals surface area contributed by atoms with Gasteiger partial charge in [-0.2, -0.15) is 9.50 Å². The van der Waals surface area contributed by atoms with Gasteiger partial charge in [0.2, 0.25) is 4.96 Å². The minimum atomic E-state index is -0.171. The number of fused-ring (bicyclic) bond motifs is 1. The number of hydrogen-bond donors (Lipinski definition) is 0. The van der Waals surface area contributed by atoms with Crippen LogP contribution in [0.4, 0.5) is 0 Å². The van der Waals surface area contributed by atoms with Gasteiger partial charge in [-0.05, 0) is 35.9 Å². The van der Waals surface area contributed by atoms with Crippen LogP contribution in [-0.2, 0) is 0 Å². The van der Waals surface area contributed by atoms with Gasteiger partial charge in [0.05, 0.1) is 4.53 Å². The van der Waals surface area contributed by atoms with Crippen molar-refractivity contribution in [3.8, 4) is 11.4 Å². The van der Waals surface area contributed by atoms with E-state index in [1.807, 2.05) is 42.5 Å². The van der Waals surface area contributed by atoms with Gasteiger partial charge in [0, 0.05) is 15.1 Å². The molecule has 2 heterocycles. The van der Waals surface area contributed by atoms with Crippen LogP contribution in [0.1, 0.15) is 5.56 Å². The Morgan fingerprint density at radius 3 is 2.58 bits per heavy atom. The summed E-state index contributed by atoms with van der Waals surface area (Å²) >= 11 is 10.7. The maximum Gasteiger partial charge on any atom is 0.291 e. The Kier molecular flexibility index (Phi) is 3.96. The molecule has 4 aromatic rings. The molecule has 0 bridgehead atoms. The van der Waals surface area contributed by atoms with E-state index in [0.717, 1.165) is 15.6 Å². The van der Waals surface area contributed by atoms with Crippen molar-refractivity contribution in [1.29, 1.82) is 0 Å². The topological polar surface area (TPSA) is 47.3 Å². The summed E-state index contributed by atoms with van der Waals surface area (Å²) in [5.41, 5.74) is 1.60. The maximum atomic E-state index is 12.5. The first-order chi connectivity index (χ1) is 11.6. The zero-order chi connectivity index (χ0) is 16.7. The lowest BCUT2D eigenvalue weighted by Crippen LogP contribution is -2.23. The van der Waals surface area contributed by atoms with Crippen LogP contribution >= 0.6 is 38.9 Å². The molecular formula is C17H9BrClN3OS. The molecule has 4 rings (SSSR count). The number of thiazole rings is 1. The fraction of sp³-hybridized carbons (Fsp3) is 0. The summed E-state index contributed by atoms with van der Waals surface area (Å²) in [5, 5.41) is 5.01. The summed E-state index contributed by atoms with van der Waals surface area (Å²) in [6, 6.07) is 15.0. The fourth-order valence-electron chi connectivity index (χ4n) is 2.30. The van der Waals surface area contributed by atoms with Gasteiger partial charge in [0.25, 0.3) is 5.56 Å². The Bertz CT molecular complexity index is 1150. The Hall–Kier alpha value is -2.02. The molecule has 4 nitrogen and oxygen atoms in total. The Morgan fingerprint density at radius 2 is 1.88 bits per heavy atom. The van der Waals surface area contributed by atoms with Crippen LogP contribution in [0.25, 0.3) is 22.4 Å². The van der Waals surface area contributed by atoms with E-state index >= 15 is 0 Å². The number of nitrogens with zero attached hydrogens (tertiary/aromatic N) is 3. The lowest BCUT2D eigenvalue weighted by Gasteiger charge is -1.97. The second-order valence-corrected chi connectivity index (χ2v) is 7.38. The summed E-state index contributed by atoms with van der Waals surface area (Å²) in [5.74, 6) is 0.531. The van der Waals surface area contributed by atoms with Gasteiger partial charge < -0.3 is 0 Å². The quantitative estimate of drug-likeness (QED) is 0.498. The van der Waals surface area contributed by atoms with Crippen LogP contribution < -0.4 is 10.1 Å². The monoisotopic (exact) mass is 417 g/mol. The molecule has 0 N–H and O–H groups in total. The minimum absolute atomic E-state index is 0.171. The third-order valence-electron chi connectivity index (χ3n) is 3.46. The number of aromatic nitrogens is 3. The number of benzene rings is 2. The highest BCUT2D eigenvalue weighted by atomic mass is 79.9. The maximum absolute atomic E-state index is 12.5. The van der Waals surface area contributed by atoms with E-state index in [1.165, 1.54) is 15.9 Å². The molecule has 0 fully saturated rings. The molecule has 0 saturated heterocycles. The van der Waals surface area contributed by atoms with E-state index in [-0.39, 0.29) is 5.56 Å². The highest BCUT2D eigenvalue weighted by molar-refractivity contribution is 9.10. The second kappa shape index (κ2) is 6.12. The van der Waals surface area contributed by atoms with Crippen LogP contribution in [0.5, 0.6) is 0 Å². The van der Waals surface area contributed by atoms with E-state index in [1.54, 1.807) is 12.1 Å². The van der Waals surface area contributed by atoms with Crippen molar-refractivity contribution in [3.63, 3.8) is 0 Å². The normalized spacial score (nSPS) is 12.2. The Labute approximate surface area is 154 Å². The molecule has 118 valence electrons. The standard InChI is InChI=1S/C17H9BrClN3OS/c18-13-4-2-1-3-12(13)15-20-17-22(21-15)16(23)14(24-17)9-10-5-7-11(19)8-6-10/h1-9H. The molecule has 2 aromatic heterocycles. The van der Waals surface area contributed by atoms with Crippen molar-refractivity contribution in [2.24, 2.45) is 0 Å².